The van der Waals surface area contributed by atoms with E-state index in [0.717, 1.165) is 33.5 Å². The number of amides is 1. The maximum absolute atomic E-state index is 13.0. The second kappa shape index (κ2) is 10.5. The van der Waals surface area contributed by atoms with Gasteiger partial charge >= 0.3 is 0 Å². The van der Waals surface area contributed by atoms with E-state index >= 15 is 0 Å². The molecule has 4 rings (SSSR count). The first-order chi connectivity index (χ1) is 16.4. The van der Waals surface area contributed by atoms with Crippen LogP contribution in [0.2, 0.25) is 0 Å². The van der Waals surface area contributed by atoms with Crippen LogP contribution < -0.4 is 5.32 Å². The van der Waals surface area contributed by atoms with Crippen molar-refractivity contribution in [1.82, 2.24) is 14.9 Å². The van der Waals surface area contributed by atoms with Crippen molar-refractivity contribution >= 4 is 23.5 Å². The summed E-state index contributed by atoms with van der Waals surface area (Å²) < 4.78 is 1.90. The monoisotopic (exact) mass is 469 g/mol. The molecular weight excluding hydrogens is 442 g/mol. The molecule has 1 aromatic heterocycles. The van der Waals surface area contributed by atoms with Gasteiger partial charge < -0.3 is 5.32 Å². The van der Waals surface area contributed by atoms with Gasteiger partial charge in [0.1, 0.15) is 0 Å². The molecule has 3 aromatic carbocycles. The van der Waals surface area contributed by atoms with Gasteiger partial charge in [-0.15, -0.1) is 0 Å². The van der Waals surface area contributed by atoms with Crippen molar-refractivity contribution in [2.24, 2.45) is 0 Å². The van der Waals surface area contributed by atoms with E-state index in [0.29, 0.717) is 23.0 Å². The van der Waals surface area contributed by atoms with Crippen LogP contribution in [0.3, 0.4) is 0 Å². The molecule has 0 unspecified atom stereocenters. The lowest BCUT2D eigenvalue weighted by atomic mass is 9.97. The molecule has 0 saturated heterocycles. The lowest BCUT2D eigenvalue weighted by Gasteiger charge is -2.12. The summed E-state index contributed by atoms with van der Waals surface area (Å²) in [6.45, 7) is 6.46. The largest absolute Gasteiger partial charge is 0.348 e. The molecule has 6 heteroatoms. The van der Waals surface area contributed by atoms with Crippen molar-refractivity contribution < 1.29 is 9.59 Å². The van der Waals surface area contributed by atoms with Gasteiger partial charge in [-0.1, -0.05) is 65.9 Å². The quantitative estimate of drug-likeness (QED) is 0.265. The highest BCUT2D eigenvalue weighted by molar-refractivity contribution is 7.99. The Morgan fingerprint density at radius 3 is 2.41 bits per heavy atom. The second-order valence-electron chi connectivity index (χ2n) is 8.28. The number of aryl methyl sites for hydroxylation is 3. The van der Waals surface area contributed by atoms with Crippen LogP contribution >= 0.6 is 11.8 Å². The van der Waals surface area contributed by atoms with Crippen LogP contribution in [0.15, 0.2) is 84.3 Å². The molecule has 0 aliphatic rings. The molecule has 0 bridgehead atoms. The molecule has 4 aromatic rings. The van der Waals surface area contributed by atoms with Crippen LogP contribution in [-0.2, 0) is 6.54 Å². The van der Waals surface area contributed by atoms with Gasteiger partial charge in [-0.25, -0.2) is 4.98 Å². The number of nitrogens with one attached hydrogen (secondary N) is 1. The summed E-state index contributed by atoms with van der Waals surface area (Å²) in [4.78, 5) is 30.1. The predicted molar refractivity (Wildman–Crippen MR) is 137 cm³/mol. The molecular formula is C28H27N3O2S. The van der Waals surface area contributed by atoms with E-state index in [1.165, 1.54) is 11.8 Å². The van der Waals surface area contributed by atoms with Crippen molar-refractivity contribution in [1.29, 1.82) is 0 Å². The average molecular weight is 470 g/mol. The van der Waals surface area contributed by atoms with Gasteiger partial charge in [0.05, 0.1) is 5.75 Å². The maximum Gasteiger partial charge on any atom is 0.251 e. The molecule has 172 valence electrons. The lowest BCUT2D eigenvalue weighted by molar-refractivity contribution is 0.0950. The molecule has 0 saturated carbocycles. The van der Waals surface area contributed by atoms with Crippen molar-refractivity contribution in [3.8, 4) is 5.69 Å². The zero-order valence-electron chi connectivity index (χ0n) is 19.5. The third kappa shape index (κ3) is 5.46. The van der Waals surface area contributed by atoms with Gasteiger partial charge in [-0.3, -0.25) is 14.2 Å². The number of carbonyl (C=O) groups is 2. The fourth-order valence-corrected chi connectivity index (χ4v) is 4.94. The summed E-state index contributed by atoms with van der Waals surface area (Å²) >= 11 is 1.40. The SMILES string of the molecule is Cc1cc(C)c(C(=O)CSc2nccn2-c2cccc(C(=O)NCc3ccccc3)c2)c(C)c1. The Hall–Kier alpha value is -3.64. The third-order valence-corrected chi connectivity index (χ3v) is 6.54. The molecule has 1 amide bonds. The Morgan fingerprint density at radius 2 is 1.68 bits per heavy atom. The number of carbonyl (C=O) groups excluding carboxylic acids is 2. The Morgan fingerprint density at radius 1 is 0.941 bits per heavy atom. The molecule has 0 spiro atoms. The number of aromatic nitrogens is 2. The number of rotatable bonds is 8. The first-order valence-corrected chi connectivity index (χ1v) is 12.1. The molecule has 0 radical (unpaired) electrons. The van der Waals surface area contributed by atoms with Gasteiger partial charge in [-0.05, 0) is 55.7 Å². The zero-order valence-corrected chi connectivity index (χ0v) is 20.4. The summed E-state index contributed by atoms with van der Waals surface area (Å²) in [6.07, 6.45) is 3.55. The van der Waals surface area contributed by atoms with Gasteiger partial charge in [0.25, 0.3) is 5.91 Å². The number of thioether (sulfide) groups is 1. The third-order valence-electron chi connectivity index (χ3n) is 5.58. The van der Waals surface area contributed by atoms with Crippen LogP contribution in [0.1, 0.15) is 43.0 Å². The van der Waals surface area contributed by atoms with Gasteiger partial charge in [0, 0.05) is 35.8 Å². The summed E-state index contributed by atoms with van der Waals surface area (Å²) in [5, 5.41) is 3.67. The summed E-state index contributed by atoms with van der Waals surface area (Å²) in [6, 6.07) is 21.3. The minimum Gasteiger partial charge on any atom is -0.348 e. The maximum atomic E-state index is 13.0. The molecule has 0 aliphatic heterocycles. The Bertz CT molecular complexity index is 1310. The predicted octanol–water partition coefficient (Wildman–Crippen LogP) is 5.70. The van der Waals surface area contributed by atoms with E-state index in [1.807, 2.05) is 92.2 Å². The average Bonchev–Trinajstić information content (AvgIpc) is 3.30. The Balaban J connectivity index is 1.46. The molecule has 0 atom stereocenters. The number of ketones is 1. The molecule has 0 aliphatic carbocycles. The van der Waals surface area contributed by atoms with E-state index in [2.05, 4.69) is 10.3 Å². The topological polar surface area (TPSA) is 64.0 Å². The highest BCUT2D eigenvalue weighted by Gasteiger charge is 2.16. The Labute approximate surface area is 204 Å². The van der Waals surface area contributed by atoms with Gasteiger partial charge in [-0.2, -0.15) is 0 Å². The first kappa shape index (κ1) is 23.5. The van der Waals surface area contributed by atoms with Crippen LogP contribution in [0.5, 0.6) is 0 Å². The number of nitrogens with zero attached hydrogens (tertiary/aromatic N) is 2. The fourth-order valence-electron chi connectivity index (χ4n) is 4.09. The summed E-state index contributed by atoms with van der Waals surface area (Å²) in [7, 11) is 0. The van der Waals surface area contributed by atoms with Crippen LogP contribution in [0, 0.1) is 20.8 Å². The summed E-state index contributed by atoms with van der Waals surface area (Å²) in [5.41, 5.74) is 6.38. The van der Waals surface area contributed by atoms with Gasteiger partial charge in [0.15, 0.2) is 10.9 Å². The normalized spacial score (nSPS) is 10.8. The molecule has 1 heterocycles. The van der Waals surface area contributed by atoms with Crippen LogP contribution in [0.25, 0.3) is 5.69 Å². The highest BCUT2D eigenvalue weighted by Crippen LogP contribution is 2.24. The molecule has 5 nitrogen and oxygen atoms in total. The lowest BCUT2D eigenvalue weighted by Crippen LogP contribution is -2.22. The number of imidazole rings is 1. The fraction of sp³-hybridized carbons (Fsp3) is 0.179. The van der Waals surface area contributed by atoms with Crippen molar-refractivity contribution in [3.05, 3.63) is 113 Å². The number of benzene rings is 3. The molecule has 1 N–H and O–H groups in total. The Kier molecular flexibility index (Phi) is 7.28. The molecule has 34 heavy (non-hydrogen) atoms. The minimum atomic E-state index is -0.138. The van der Waals surface area contributed by atoms with Crippen LogP contribution in [-0.4, -0.2) is 27.0 Å². The number of hydrogen-bond acceptors (Lipinski definition) is 4. The van der Waals surface area contributed by atoms with E-state index < -0.39 is 0 Å². The zero-order chi connectivity index (χ0) is 24.1. The van der Waals surface area contributed by atoms with E-state index in [1.54, 1.807) is 12.3 Å². The highest BCUT2D eigenvalue weighted by atomic mass is 32.2. The van der Waals surface area contributed by atoms with Crippen LogP contribution in [0.4, 0.5) is 0 Å². The standard InChI is InChI=1S/C28H27N3O2S/c1-19-14-20(2)26(21(3)15-19)25(32)18-34-28-29-12-13-31(28)24-11-7-10-23(16-24)27(33)30-17-22-8-5-4-6-9-22/h4-16H,17-18H2,1-3H3,(H,30,33). The van der Waals surface area contributed by atoms with E-state index in [9.17, 15) is 9.59 Å². The number of hydrogen-bond donors (Lipinski definition) is 1. The smallest absolute Gasteiger partial charge is 0.251 e. The van der Waals surface area contributed by atoms with E-state index in [4.69, 9.17) is 0 Å². The van der Waals surface area contributed by atoms with E-state index in [-0.39, 0.29) is 11.7 Å². The minimum absolute atomic E-state index is 0.0867. The second-order valence-corrected chi connectivity index (χ2v) is 9.23. The molecule has 0 fully saturated rings. The number of Topliss-reactive ketones (excluding diaryl/α,β-unsaturated/α-hetero) is 1. The summed E-state index contributed by atoms with van der Waals surface area (Å²) in [5.74, 6) is 0.239. The van der Waals surface area contributed by atoms with Crippen molar-refractivity contribution in [2.45, 2.75) is 32.5 Å². The van der Waals surface area contributed by atoms with Crippen molar-refractivity contribution in [3.63, 3.8) is 0 Å². The van der Waals surface area contributed by atoms with Gasteiger partial charge in [0.2, 0.25) is 0 Å². The first-order valence-electron chi connectivity index (χ1n) is 11.1. The van der Waals surface area contributed by atoms with Crippen molar-refractivity contribution in [2.75, 3.05) is 5.75 Å².